The minimum atomic E-state index is -4.83. The van der Waals surface area contributed by atoms with Crippen molar-refractivity contribution in [2.45, 2.75) is 13.1 Å². The van der Waals surface area contributed by atoms with E-state index in [2.05, 4.69) is 10.9 Å². The van der Waals surface area contributed by atoms with Gasteiger partial charge in [0.05, 0.1) is 23.6 Å². The van der Waals surface area contributed by atoms with Crippen molar-refractivity contribution in [1.29, 1.82) is 5.26 Å². The van der Waals surface area contributed by atoms with Gasteiger partial charge >= 0.3 is 12.1 Å². The third-order valence-corrected chi connectivity index (χ3v) is 5.40. The monoisotopic (exact) mass is 429 g/mol. The van der Waals surface area contributed by atoms with Crippen molar-refractivity contribution in [2.75, 3.05) is 6.61 Å². The molecule has 0 saturated heterocycles. The second-order valence-electron chi connectivity index (χ2n) is 6.16. The van der Waals surface area contributed by atoms with Crippen LogP contribution in [0.25, 0.3) is 26.4 Å². The van der Waals surface area contributed by atoms with E-state index in [1.54, 1.807) is 30.5 Å². The van der Waals surface area contributed by atoms with Gasteiger partial charge in [0.2, 0.25) is 5.69 Å². The van der Waals surface area contributed by atoms with Gasteiger partial charge in [-0.15, -0.1) is 11.3 Å². The van der Waals surface area contributed by atoms with Crippen LogP contribution in [-0.2, 0) is 18.0 Å². The minimum absolute atomic E-state index is 0.0214. The fraction of sp³-hybridized carbons (Fsp3) is 0.190. The van der Waals surface area contributed by atoms with Gasteiger partial charge in [-0.1, -0.05) is 24.3 Å². The number of carbonyl (C=O) groups is 1. The lowest BCUT2D eigenvalue weighted by Gasteiger charge is -2.11. The van der Waals surface area contributed by atoms with Crippen LogP contribution >= 0.6 is 11.3 Å². The number of hydrogen-bond donors (Lipinski definition) is 0. The molecule has 0 bridgehead atoms. The van der Waals surface area contributed by atoms with Crippen LogP contribution in [0.4, 0.5) is 18.9 Å². The van der Waals surface area contributed by atoms with Crippen molar-refractivity contribution >= 4 is 23.0 Å². The number of ether oxygens (including phenoxy) is 1. The van der Waals surface area contributed by atoms with Crippen molar-refractivity contribution in [3.8, 4) is 27.6 Å². The lowest BCUT2D eigenvalue weighted by atomic mass is 10.0. The molecule has 0 atom stereocenters. The highest BCUT2D eigenvalue weighted by atomic mass is 32.1. The van der Waals surface area contributed by atoms with Crippen molar-refractivity contribution in [3.63, 3.8) is 0 Å². The lowest BCUT2D eigenvalue weighted by molar-refractivity contribution is -0.142. The first-order valence-corrected chi connectivity index (χ1v) is 9.55. The molecule has 2 heterocycles. The number of thiophene rings is 1. The van der Waals surface area contributed by atoms with Gasteiger partial charge in [0.15, 0.2) is 0 Å². The predicted molar refractivity (Wildman–Crippen MR) is 106 cm³/mol. The Morgan fingerprint density at radius 1 is 1.27 bits per heavy atom. The summed E-state index contributed by atoms with van der Waals surface area (Å²) in [5, 5.41) is 11.0. The van der Waals surface area contributed by atoms with E-state index in [4.69, 9.17) is 11.3 Å². The molecule has 152 valence electrons. The van der Waals surface area contributed by atoms with Gasteiger partial charge in [-0.25, -0.2) is 9.64 Å². The number of rotatable bonds is 4. The molecule has 30 heavy (non-hydrogen) atoms. The van der Waals surface area contributed by atoms with Gasteiger partial charge in [0.25, 0.3) is 0 Å². The number of benzene rings is 1. The van der Waals surface area contributed by atoms with Crippen molar-refractivity contribution in [2.24, 2.45) is 7.05 Å². The summed E-state index contributed by atoms with van der Waals surface area (Å²) in [6.07, 6.45) is -4.83. The van der Waals surface area contributed by atoms with Crippen LogP contribution in [0.15, 0.2) is 35.7 Å². The molecule has 0 fully saturated rings. The fourth-order valence-corrected chi connectivity index (χ4v) is 4.08. The zero-order valence-corrected chi connectivity index (χ0v) is 16.7. The summed E-state index contributed by atoms with van der Waals surface area (Å²) in [6, 6.07) is 10.1. The van der Waals surface area contributed by atoms with E-state index < -0.39 is 23.5 Å². The molecule has 5 nitrogen and oxygen atoms in total. The van der Waals surface area contributed by atoms with Gasteiger partial charge in [0.1, 0.15) is 17.5 Å². The summed E-state index contributed by atoms with van der Waals surface area (Å²) in [5.41, 5.74) is -0.860. The van der Waals surface area contributed by atoms with Crippen molar-refractivity contribution in [3.05, 3.63) is 64.1 Å². The van der Waals surface area contributed by atoms with E-state index in [0.717, 1.165) is 11.9 Å². The molecule has 0 saturated carbocycles. The first-order chi connectivity index (χ1) is 14.2. The van der Waals surface area contributed by atoms with Gasteiger partial charge in [-0.05, 0) is 29.5 Å². The zero-order valence-electron chi connectivity index (χ0n) is 15.9. The Kier molecular flexibility index (Phi) is 5.68. The lowest BCUT2D eigenvalue weighted by Crippen LogP contribution is -2.16. The third kappa shape index (κ3) is 3.56. The molecule has 0 spiro atoms. The average Bonchev–Trinajstić information content (AvgIpc) is 3.29. The van der Waals surface area contributed by atoms with E-state index in [0.29, 0.717) is 15.7 Å². The predicted octanol–water partition coefficient (Wildman–Crippen LogP) is 6.04. The van der Waals surface area contributed by atoms with Crippen molar-refractivity contribution < 1.29 is 22.7 Å². The number of halogens is 3. The standard InChI is InChI=1S/C21H14F3N3O2S/c1-4-29-20(28)17-15(16(26-2)19(27(17)3)21(22,23)24)12-5-7-13(8-6-12)18-14(11-25)9-10-30-18/h5-10H,4H2,1,3H3. The van der Waals surface area contributed by atoms with Crippen molar-refractivity contribution in [1.82, 2.24) is 4.57 Å². The van der Waals surface area contributed by atoms with E-state index in [-0.39, 0.29) is 23.4 Å². The Morgan fingerprint density at radius 3 is 2.43 bits per heavy atom. The molecule has 1 aromatic carbocycles. The molecule has 0 N–H and O–H groups in total. The maximum absolute atomic E-state index is 13.6. The second-order valence-corrected chi connectivity index (χ2v) is 7.08. The molecular weight excluding hydrogens is 415 g/mol. The van der Waals surface area contributed by atoms with E-state index in [9.17, 15) is 23.2 Å². The molecule has 0 amide bonds. The van der Waals surface area contributed by atoms with Crippen LogP contribution in [0.3, 0.4) is 0 Å². The van der Waals surface area contributed by atoms with Crippen LogP contribution in [0.2, 0.25) is 0 Å². The largest absolute Gasteiger partial charge is 0.461 e. The topological polar surface area (TPSA) is 59.4 Å². The molecule has 0 aliphatic rings. The number of hydrogen-bond acceptors (Lipinski definition) is 4. The molecule has 0 unspecified atom stereocenters. The minimum Gasteiger partial charge on any atom is -0.461 e. The van der Waals surface area contributed by atoms with E-state index in [1.807, 2.05) is 0 Å². The number of nitriles is 1. The Bertz CT molecular complexity index is 1190. The van der Waals surface area contributed by atoms with Crippen LogP contribution in [0.1, 0.15) is 28.7 Å². The molecule has 0 radical (unpaired) electrons. The highest BCUT2D eigenvalue weighted by Gasteiger charge is 2.42. The molecular formula is C21H14F3N3O2S. The van der Waals surface area contributed by atoms with Crippen LogP contribution in [0, 0.1) is 17.9 Å². The average molecular weight is 429 g/mol. The maximum Gasteiger partial charge on any atom is 0.421 e. The first-order valence-electron chi connectivity index (χ1n) is 8.67. The Labute approximate surface area is 174 Å². The summed E-state index contributed by atoms with van der Waals surface area (Å²) in [5.74, 6) is -0.940. The number of esters is 1. The van der Waals surface area contributed by atoms with Gasteiger partial charge in [0, 0.05) is 12.6 Å². The molecule has 2 aromatic heterocycles. The number of nitrogens with zero attached hydrogens (tertiary/aromatic N) is 3. The molecule has 3 rings (SSSR count). The van der Waals surface area contributed by atoms with E-state index in [1.165, 1.54) is 23.5 Å². The third-order valence-electron chi connectivity index (χ3n) is 4.44. The maximum atomic E-state index is 13.6. The van der Waals surface area contributed by atoms with Crippen LogP contribution in [-0.4, -0.2) is 17.1 Å². The summed E-state index contributed by atoms with van der Waals surface area (Å²) >= 11 is 1.36. The summed E-state index contributed by atoms with van der Waals surface area (Å²) in [4.78, 5) is 16.3. The Balaban J connectivity index is 2.23. The highest BCUT2D eigenvalue weighted by Crippen LogP contribution is 2.46. The SMILES string of the molecule is [C-]#[N+]c1c(-c2ccc(-c3sccc3C#N)cc2)c(C(=O)OCC)n(C)c1C(F)(F)F. The van der Waals surface area contributed by atoms with Gasteiger partial charge < -0.3 is 9.30 Å². The van der Waals surface area contributed by atoms with Crippen LogP contribution in [0.5, 0.6) is 0 Å². The number of carbonyl (C=O) groups excluding carboxylic acids is 1. The Morgan fingerprint density at radius 2 is 1.90 bits per heavy atom. The first kappa shape index (κ1) is 21.2. The quantitative estimate of drug-likeness (QED) is 0.375. The number of alkyl halides is 3. The van der Waals surface area contributed by atoms with Gasteiger partial charge in [-0.2, -0.15) is 18.4 Å². The summed E-state index contributed by atoms with van der Waals surface area (Å²) in [7, 11) is 1.09. The van der Waals surface area contributed by atoms with Crippen LogP contribution < -0.4 is 0 Å². The normalized spacial score (nSPS) is 11.0. The number of aromatic nitrogens is 1. The zero-order chi connectivity index (χ0) is 22.1. The summed E-state index contributed by atoms with van der Waals surface area (Å²) in [6.45, 7) is 8.87. The highest BCUT2D eigenvalue weighted by molar-refractivity contribution is 7.13. The Hall–Kier alpha value is -3.56. The smallest absolute Gasteiger partial charge is 0.421 e. The van der Waals surface area contributed by atoms with Gasteiger partial charge in [-0.3, -0.25) is 0 Å². The molecule has 0 aliphatic carbocycles. The summed E-state index contributed by atoms with van der Waals surface area (Å²) < 4.78 is 46.5. The molecule has 0 aliphatic heterocycles. The molecule has 3 aromatic rings. The second kappa shape index (κ2) is 8.05. The molecule has 9 heteroatoms. The fourth-order valence-electron chi connectivity index (χ4n) is 3.22. The van der Waals surface area contributed by atoms with E-state index >= 15 is 0 Å².